The highest BCUT2D eigenvalue weighted by Crippen LogP contribution is 2.34. The van der Waals surface area contributed by atoms with E-state index in [1.54, 1.807) is 0 Å². The van der Waals surface area contributed by atoms with E-state index in [0.29, 0.717) is 12.6 Å². The summed E-state index contributed by atoms with van der Waals surface area (Å²) in [4.78, 5) is 18.8. The van der Waals surface area contributed by atoms with Crippen LogP contribution < -0.4 is 5.56 Å². The Morgan fingerprint density at radius 3 is 2.51 bits per heavy atom. The van der Waals surface area contributed by atoms with Crippen LogP contribution in [0.1, 0.15) is 79.7 Å². The molecule has 2 heterocycles. The maximum Gasteiger partial charge on any atom is 0.252 e. The molecule has 0 radical (unpaired) electrons. The standard InChI is InChI=1S/C30H38N6O/c1-20(2)28(29-32-33-34-36(29)26-12-8-9-13-26)35(15-14-23-10-6-5-7-11-23)19-25-18-24-16-21(3)22(4)17-27(24)31-30(25)37/h5-7,10-11,16-18,20,26,28H,8-9,12-15,19H2,1-4H3,(H,31,37)/t28-/m0/s1. The quantitative estimate of drug-likeness (QED) is 0.321. The number of hydrogen-bond donors (Lipinski definition) is 1. The molecule has 0 amide bonds. The van der Waals surface area contributed by atoms with Crippen molar-refractivity contribution in [3.63, 3.8) is 0 Å². The highest BCUT2D eigenvalue weighted by atomic mass is 16.1. The molecular formula is C30H38N6O. The highest BCUT2D eigenvalue weighted by Gasteiger charge is 2.32. The smallest absolute Gasteiger partial charge is 0.252 e. The molecule has 7 heteroatoms. The van der Waals surface area contributed by atoms with Crippen LogP contribution >= 0.6 is 0 Å². The molecule has 1 N–H and O–H groups in total. The lowest BCUT2D eigenvalue weighted by Gasteiger charge is -2.34. The van der Waals surface area contributed by atoms with Gasteiger partial charge in [-0.15, -0.1) is 5.10 Å². The van der Waals surface area contributed by atoms with E-state index < -0.39 is 0 Å². The molecule has 2 aromatic heterocycles. The predicted octanol–water partition coefficient (Wildman–Crippen LogP) is 5.69. The number of tetrazole rings is 1. The summed E-state index contributed by atoms with van der Waals surface area (Å²) in [5.41, 5.74) is 5.32. The Bertz CT molecular complexity index is 1400. The van der Waals surface area contributed by atoms with Gasteiger partial charge < -0.3 is 4.98 Å². The molecule has 0 bridgehead atoms. The van der Waals surface area contributed by atoms with Crippen molar-refractivity contribution in [2.24, 2.45) is 5.92 Å². The molecule has 0 aliphatic heterocycles. The van der Waals surface area contributed by atoms with Gasteiger partial charge in [0, 0.05) is 24.2 Å². The number of H-pyrrole nitrogens is 1. The Morgan fingerprint density at radius 1 is 1.05 bits per heavy atom. The summed E-state index contributed by atoms with van der Waals surface area (Å²) in [7, 11) is 0. The highest BCUT2D eigenvalue weighted by molar-refractivity contribution is 5.80. The molecule has 2 aromatic carbocycles. The minimum atomic E-state index is -0.0293. The molecule has 1 aliphatic rings. The number of aromatic amines is 1. The van der Waals surface area contributed by atoms with E-state index in [2.05, 4.69) is 100 Å². The number of pyridine rings is 1. The molecule has 194 valence electrons. The summed E-state index contributed by atoms with van der Waals surface area (Å²) in [5, 5.41) is 14.2. The predicted molar refractivity (Wildman–Crippen MR) is 147 cm³/mol. The lowest BCUT2D eigenvalue weighted by Crippen LogP contribution is -2.37. The fourth-order valence-corrected chi connectivity index (χ4v) is 5.78. The van der Waals surface area contributed by atoms with Crippen molar-refractivity contribution < 1.29 is 0 Å². The van der Waals surface area contributed by atoms with Gasteiger partial charge in [-0.3, -0.25) is 9.69 Å². The fourth-order valence-electron chi connectivity index (χ4n) is 5.78. The van der Waals surface area contributed by atoms with Crippen LogP contribution in [0.5, 0.6) is 0 Å². The van der Waals surface area contributed by atoms with E-state index in [1.807, 2.05) is 6.07 Å². The zero-order chi connectivity index (χ0) is 25.9. The maximum atomic E-state index is 13.3. The second-order valence-electron chi connectivity index (χ2n) is 11.0. The number of aryl methyl sites for hydroxylation is 2. The lowest BCUT2D eigenvalue weighted by molar-refractivity contribution is 0.133. The van der Waals surface area contributed by atoms with Crippen molar-refractivity contribution in [3.8, 4) is 0 Å². The third kappa shape index (κ3) is 5.52. The molecule has 1 atom stereocenters. The average Bonchev–Trinajstić information content (AvgIpc) is 3.57. The zero-order valence-corrected chi connectivity index (χ0v) is 22.4. The van der Waals surface area contributed by atoms with Crippen molar-refractivity contribution in [3.05, 3.63) is 87.0 Å². The number of fused-ring (bicyclic) bond motifs is 1. The second kappa shape index (κ2) is 11.0. The first-order chi connectivity index (χ1) is 17.9. The maximum absolute atomic E-state index is 13.3. The molecule has 1 fully saturated rings. The van der Waals surface area contributed by atoms with E-state index in [0.717, 1.165) is 48.1 Å². The molecule has 0 spiro atoms. The van der Waals surface area contributed by atoms with Crippen LogP contribution in [0.3, 0.4) is 0 Å². The first kappa shape index (κ1) is 25.3. The minimum absolute atomic E-state index is 0.00540. The summed E-state index contributed by atoms with van der Waals surface area (Å²) in [5.74, 6) is 1.19. The van der Waals surface area contributed by atoms with Gasteiger partial charge in [-0.25, -0.2) is 4.68 Å². The van der Waals surface area contributed by atoms with Crippen LogP contribution in [0.25, 0.3) is 10.9 Å². The van der Waals surface area contributed by atoms with E-state index in [4.69, 9.17) is 0 Å². The molecule has 1 aliphatic carbocycles. The summed E-state index contributed by atoms with van der Waals surface area (Å²) >= 11 is 0. The molecule has 0 unspecified atom stereocenters. The monoisotopic (exact) mass is 498 g/mol. The number of hydrogen-bond acceptors (Lipinski definition) is 5. The van der Waals surface area contributed by atoms with Crippen molar-refractivity contribution in [2.45, 2.75) is 78.4 Å². The molecule has 1 saturated carbocycles. The summed E-state index contributed by atoms with van der Waals surface area (Å²) in [6, 6.07) is 17.2. The normalized spacial score (nSPS) is 15.3. The Labute approximate surface area is 218 Å². The van der Waals surface area contributed by atoms with Crippen LogP contribution in [-0.2, 0) is 13.0 Å². The molecular weight excluding hydrogens is 460 g/mol. The molecule has 4 aromatic rings. The van der Waals surface area contributed by atoms with Gasteiger partial charge in [-0.1, -0.05) is 57.0 Å². The van der Waals surface area contributed by atoms with Crippen LogP contribution in [0.4, 0.5) is 0 Å². The lowest BCUT2D eigenvalue weighted by atomic mass is 9.99. The first-order valence-corrected chi connectivity index (χ1v) is 13.6. The van der Waals surface area contributed by atoms with Crippen molar-refractivity contribution in [2.75, 3.05) is 6.54 Å². The number of rotatable bonds is 9. The number of nitrogens with one attached hydrogen (secondary N) is 1. The Hall–Kier alpha value is -3.32. The number of aromatic nitrogens is 5. The third-order valence-electron chi connectivity index (χ3n) is 7.92. The van der Waals surface area contributed by atoms with Gasteiger partial charge in [0.15, 0.2) is 5.82 Å². The van der Waals surface area contributed by atoms with Gasteiger partial charge in [0.25, 0.3) is 5.56 Å². The van der Waals surface area contributed by atoms with Crippen molar-refractivity contribution in [1.29, 1.82) is 0 Å². The van der Waals surface area contributed by atoms with Crippen molar-refractivity contribution in [1.82, 2.24) is 30.1 Å². The number of nitrogens with zero attached hydrogens (tertiary/aromatic N) is 5. The fraction of sp³-hybridized carbons (Fsp3) is 0.467. The van der Waals surface area contributed by atoms with Crippen LogP contribution in [0.2, 0.25) is 0 Å². The molecule has 7 nitrogen and oxygen atoms in total. The minimum Gasteiger partial charge on any atom is -0.322 e. The molecule has 37 heavy (non-hydrogen) atoms. The van der Waals surface area contributed by atoms with Gasteiger partial charge >= 0.3 is 0 Å². The second-order valence-corrected chi connectivity index (χ2v) is 11.0. The van der Waals surface area contributed by atoms with Gasteiger partial charge in [-0.05, 0) is 89.7 Å². The molecule has 0 saturated heterocycles. The van der Waals surface area contributed by atoms with Crippen molar-refractivity contribution >= 4 is 10.9 Å². The van der Waals surface area contributed by atoms with Crippen LogP contribution in [-0.4, -0.2) is 36.6 Å². The number of benzene rings is 2. The zero-order valence-electron chi connectivity index (χ0n) is 22.4. The third-order valence-corrected chi connectivity index (χ3v) is 7.92. The van der Waals surface area contributed by atoms with Crippen LogP contribution in [0, 0.1) is 19.8 Å². The summed E-state index contributed by atoms with van der Waals surface area (Å²) < 4.78 is 2.07. The van der Waals surface area contributed by atoms with Gasteiger partial charge in [0.1, 0.15) is 0 Å². The SMILES string of the molecule is Cc1cc2cc(CN(CCc3ccccc3)[C@H](c3nnnn3C3CCCC3)C(C)C)c(=O)[nH]c2cc1C. The van der Waals surface area contributed by atoms with Gasteiger partial charge in [0.2, 0.25) is 0 Å². The largest absolute Gasteiger partial charge is 0.322 e. The Balaban J connectivity index is 1.53. The summed E-state index contributed by atoms with van der Waals surface area (Å²) in [6.45, 7) is 9.98. The average molecular weight is 499 g/mol. The van der Waals surface area contributed by atoms with E-state index >= 15 is 0 Å². The van der Waals surface area contributed by atoms with E-state index in [-0.39, 0.29) is 17.5 Å². The first-order valence-electron chi connectivity index (χ1n) is 13.6. The summed E-state index contributed by atoms with van der Waals surface area (Å²) in [6.07, 6.45) is 5.57. The van der Waals surface area contributed by atoms with E-state index in [1.165, 1.54) is 29.5 Å². The van der Waals surface area contributed by atoms with Crippen LogP contribution in [0.15, 0.2) is 53.3 Å². The van der Waals surface area contributed by atoms with E-state index in [9.17, 15) is 4.79 Å². The Morgan fingerprint density at radius 2 is 1.78 bits per heavy atom. The Kier molecular flexibility index (Phi) is 7.51. The van der Waals surface area contributed by atoms with Gasteiger partial charge in [-0.2, -0.15) is 0 Å². The van der Waals surface area contributed by atoms with Gasteiger partial charge in [0.05, 0.1) is 12.1 Å². The topological polar surface area (TPSA) is 79.7 Å². The molecule has 5 rings (SSSR count).